The maximum atomic E-state index is 13.2. The van der Waals surface area contributed by atoms with Gasteiger partial charge in [-0.25, -0.2) is 4.98 Å². The molecule has 1 aliphatic heterocycles. The molecule has 2 aliphatic rings. The van der Waals surface area contributed by atoms with Crippen molar-refractivity contribution in [3.05, 3.63) is 65.2 Å². The van der Waals surface area contributed by atoms with Gasteiger partial charge in [0.1, 0.15) is 24.0 Å². The van der Waals surface area contributed by atoms with Gasteiger partial charge in [0.15, 0.2) is 11.5 Å². The van der Waals surface area contributed by atoms with Crippen LogP contribution in [-0.4, -0.2) is 35.8 Å². The Morgan fingerprint density at radius 2 is 1.94 bits per heavy atom. The van der Waals surface area contributed by atoms with Crippen LogP contribution in [0.5, 0.6) is 11.5 Å². The van der Waals surface area contributed by atoms with E-state index in [0.717, 1.165) is 48.6 Å². The van der Waals surface area contributed by atoms with E-state index in [1.807, 2.05) is 25.1 Å². The molecule has 1 fully saturated rings. The highest BCUT2D eigenvalue weighted by atomic mass is 32.2. The number of fused-ring (bicyclic) bond motifs is 1. The number of carbonyl (C=O) groups is 1. The molecule has 0 spiro atoms. The first-order chi connectivity index (χ1) is 16.1. The summed E-state index contributed by atoms with van der Waals surface area (Å²) in [5.41, 5.74) is 2.52. The molecular weight excluding hydrogens is 438 g/mol. The molecule has 1 aromatic carbocycles. The van der Waals surface area contributed by atoms with Crippen molar-refractivity contribution in [2.24, 2.45) is 0 Å². The quantitative estimate of drug-likeness (QED) is 0.507. The van der Waals surface area contributed by atoms with E-state index in [4.69, 9.17) is 14.0 Å². The molecule has 3 heterocycles. The summed E-state index contributed by atoms with van der Waals surface area (Å²) in [6.45, 7) is 3.58. The predicted molar refractivity (Wildman–Crippen MR) is 125 cm³/mol. The van der Waals surface area contributed by atoms with Crippen LogP contribution in [0.1, 0.15) is 53.1 Å². The monoisotopic (exact) mass is 465 g/mol. The Morgan fingerprint density at radius 1 is 1.12 bits per heavy atom. The molecule has 1 N–H and O–H groups in total. The van der Waals surface area contributed by atoms with E-state index in [1.165, 1.54) is 17.3 Å². The van der Waals surface area contributed by atoms with Crippen LogP contribution < -0.4 is 14.8 Å². The fourth-order valence-corrected chi connectivity index (χ4v) is 5.52. The molecule has 1 aliphatic carbocycles. The van der Waals surface area contributed by atoms with Crippen LogP contribution in [0.25, 0.3) is 0 Å². The zero-order valence-electron chi connectivity index (χ0n) is 18.6. The number of amides is 1. The van der Waals surface area contributed by atoms with Gasteiger partial charge < -0.3 is 19.3 Å². The Bertz CT molecular complexity index is 1140. The number of carbonyl (C=O) groups excluding carboxylic acids is 1. The highest BCUT2D eigenvalue weighted by Gasteiger charge is 2.37. The summed E-state index contributed by atoms with van der Waals surface area (Å²) in [6, 6.07) is 11.7. The number of hydrogen-bond acceptors (Lipinski definition) is 7. The molecule has 0 atom stereocenters. The van der Waals surface area contributed by atoms with Crippen LogP contribution >= 0.6 is 11.8 Å². The fourth-order valence-electron chi connectivity index (χ4n) is 4.64. The van der Waals surface area contributed by atoms with E-state index in [1.54, 1.807) is 12.3 Å². The van der Waals surface area contributed by atoms with Crippen molar-refractivity contribution in [3.8, 4) is 11.5 Å². The number of aryl methyl sites for hydroxylation is 1. The van der Waals surface area contributed by atoms with Crippen LogP contribution in [0.3, 0.4) is 0 Å². The zero-order chi connectivity index (χ0) is 22.7. The third kappa shape index (κ3) is 4.71. The highest BCUT2D eigenvalue weighted by molar-refractivity contribution is 7.98. The van der Waals surface area contributed by atoms with Gasteiger partial charge in [-0.1, -0.05) is 35.8 Å². The van der Waals surface area contributed by atoms with E-state index in [0.29, 0.717) is 36.1 Å². The van der Waals surface area contributed by atoms with Crippen molar-refractivity contribution in [1.29, 1.82) is 0 Å². The minimum absolute atomic E-state index is 0.0980. The predicted octanol–water partition coefficient (Wildman–Crippen LogP) is 4.68. The molecule has 0 radical (unpaired) electrons. The second kappa shape index (κ2) is 9.47. The molecule has 0 bridgehead atoms. The number of rotatable bonds is 7. The summed E-state index contributed by atoms with van der Waals surface area (Å²) in [6.07, 6.45) is 6.08. The summed E-state index contributed by atoms with van der Waals surface area (Å²) >= 11 is 1.49. The highest BCUT2D eigenvalue weighted by Crippen LogP contribution is 2.44. The lowest BCUT2D eigenvalue weighted by Crippen LogP contribution is -2.39. The fraction of sp³-hybridized carbons (Fsp3) is 0.400. The molecule has 1 amide bonds. The molecule has 7 nitrogen and oxygen atoms in total. The molecule has 1 saturated carbocycles. The molecule has 0 unspecified atom stereocenters. The van der Waals surface area contributed by atoms with Crippen LogP contribution in [0.4, 0.5) is 0 Å². The van der Waals surface area contributed by atoms with Gasteiger partial charge in [-0.2, -0.15) is 0 Å². The number of benzene rings is 1. The SMILES string of the molecule is Cc1cc(CSc2ncccc2C(=O)NCC2(c3ccc4c(c3)OCCO4)CCCC2)no1. The summed E-state index contributed by atoms with van der Waals surface area (Å²) < 4.78 is 16.6. The van der Waals surface area contributed by atoms with Crippen molar-refractivity contribution in [3.63, 3.8) is 0 Å². The lowest BCUT2D eigenvalue weighted by molar-refractivity contribution is 0.0939. The van der Waals surface area contributed by atoms with Crippen molar-refractivity contribution in [2.75, 3.05) is 19.8 Å². The molecule has 172 valence electrons. The Hall–Kier alpha value is -3.00. The molecular formula is C25H27N3O4S. The van der Waals surface area contributed by atoms with Gasteiger partial charge in [-0.15, -0.1) is 0 Å². The zero-order valence-corrected chi connectivity index (χ0v) is 19.5. The van der Waals surface area contributed by atoms with Gasteiger partial charge in [-0.3, -0.25) is 4.79 Å². The minimum atomic E-state index is -0.106. The number of thioether (sulfide) groups is 1. The summed E-state index contributed by atoms with van der Waals surface area (Å²) in [5.74, 6) is 2.85. The number of pyridine rings is 1. The number of ether oxygens (including phenoxy) is 2. The Labute approximate surface area is 197 Å². The lowest BCUT2D eigenvalue weighted by atomic mass is 9.78. The molecule has 8 heteroatoms. The molecule has 33 heavy (non-hydrogen) atoms. The van der Waals surface area contributed by atoms with E-state index in [2.05, 4.69) is 27.6 Å². The largest absolute Gasteiger partial charge is 0.486 e. The Balaban J connectivity index is 1.30. The standard InChI is InChI=1S/C25H27N3O4S/c1-17-13-19(28-32-17)15-33-24-20(5-4-10-26-24)23(29)27-16-25(8-2-3-9-25)18-6-7-21-22(14-18)31-12-11-30-21/h4-7,10,13-14H,2-3,8-9,11-12,15-16H2,1H3,(H,27,29). The topological polar surface area (TPSA) is 86.5 Å². The van der Waals surface area contributed by atoms with Crippen molar-refractivity contribution < 1.29 is 18.8 Å². The van der Waals surface area contributed by atoms with Crippen LogP contribution in [-0.2, 0) is 11.2 Å². The van der Waals surface area contributed by atoms with E-state index >= 15 is 0 Å². The van der Waals surface area contributed by atoms with Gasteiger partial charge in [0.05, 0.1) is 11.3 Å². The van der Waals surface area contributed by atoms with E-state index in [9.17, 15) is 4.79 Å². The smallest absolute Gasteiger partial charge is 0.254 e. The maximum absolute atomic E-state index is 13.2. The number of nitrogens with zero attached hydrogens (tertiary/aromatic N) is 2. The Kier molecular flexibility index (Phi) is 6.26. The molecule has 3 aromatic rings. The van der Waals surface area contributed by atoms with Gasteiger partial charge in [-0.05, 0) is 49.6 Å². The first-order valence-electron chi connectivity index (χ1n) is 11.3. The first kappa shape index (κ1) is 21.8. The van der Waals surface area contributed by atoms with Crippen molar-refractivity contribution in [1.82, 2.24) is 15.5 Å². The van der Waals surface area contributed by atoms with Gasteiger partial charge in [0.25, 0.3) is 5.91 Å². The van der Waals surface area contributed by atoms with Crippen LogP contribution in [0.15, 0.2) is 52.1 Å². The minimum Gasteiger partial charge on any atom is -0.486 e. The number of nitrogens with one attached hydrogen (secondary N) is 1. The van der Waals surface area contributed by atoms with Gasteiger partial charge >= 0.3 is 0 Å². The molecule has 0 saturated heterocycles. The maximum Gasteiger partial charge on any atom is 0.254 e. The Morgan fingerprint density at radius 3 is 2.73 bits per heavy atom. The van der Waals surface area contributed by atoms with Crippen LogP contribution in [0.2, 0.25) is 0 Å². The lowest BCUT2D eigenvalue weighted by Gasteiger charge is -2.31. The van der Waals surface area contributed by atoms with Crippen LogP contribution in [0, 0.1) is 6.92 Å². The van der Waals surface area contributed by atoms with Gasteiger partial charge in [0.2, 0.25) is 0 Å². The van der Waals surface area contributed by atoms with E-state index < -0.39 is 0 Å². The molecule has 5 rings (SSSR count). The number of aromatic nitrogens is 2. The first-order valence-corrected chi connectivity index (χ1v) is 12.3. The molecule has 2 aromatic heterocycles. The third-order valence-electron chi connectivity index (χ3n) is 6.35. The normalized spacial score (nSPS) is 16.5. The van der Waals surface area contributed by atoms with Crippen molar-refractivity contribution in [2.45, 2.75) is 48.8 Å². The van der Waals surface area contributed by atoms with Crippen molar-refractivity contribution >= 4 is 17.7 Å². The third-order valence-corrected chi connectivity index (χ3v) is 7.39. The van der Waals surface area contributed by atoms with E-state index in [-0.39, 0.29) is 11.3 Å². The second-order valence-electron chi connectivity index (χ2n) is 8.60. The summed E-state index contributed by atoms with van der Waals surface area (Å²) in [7, 11) is 0. The second-order valence-corrected chi connectivity index (χ2v) is 9.57. The summed E-state index contributed by atoms with van der Waals surface area (Å²) in [4.78, 5) is 17.6. The average Bonchev–Trinajstić information content (AvgIpc) is 3.51. The average molecular weight is 466 g/mol. The van der Waals surface area contributed by atoms with Gasteiger partial charge in [0, 0.05) is 30.0 Å². The number of hydrogen-bond donors (Lipinski definition) is 1. The summed E-state index contributed by atoms with van der Waals surface area (Å²) in [5, 5.41) is 7.92.